The van der Waals surface area contributed by atoms with Gasteiger partial charge < -0.3 is 0 Å². The maximum atomic E-state index is 4.40. The molecule has 2 heteroatoms. The van der Waals surface area contributed by atoms with Crippen molar-refractivity contribution in [2.75, 3.05) is 0 Å². The molecule has 0 amide bonds. The van der Waals surface area contributed by atoms with Crippen LogP contribution in [0.15, 0.2) is 0 Å². The lowest BCUT2D eigenvalue weighted by Gasteiger charge is -2.08. The number of hydrogen-bond donors (Lipinski definition) is 0. The van der Waals surface area contributed by atoms with Crippen LogP contribution in [0.1, 0.15) is 29.0 Å². The van der Waals surface area contributed by atoms with Gasteiger partial charge in [0.15, 0.2) is 0 Å². The topological polar surface area (TPSA) is 12.9 Å². The molecule has 10 heavy (non-hydrogen) atoms. The van der Waals surface area contributed by atoms with Crippen LogP contribution in [0.4, 0.5) is 0 Å². The van der Waals surface area contributed by atoms with Gasteiger partial charge in [0, 0.05) is 4.88 Å². The van der Waals surface area contributed by atoms with E-state index in [2.05, 4.69) is 11.3 Å². The van der Waals surface area contributed by atoms with Crippen LogP contribution in [0.3, 0.4) is 0 Å². The van der Waals surface area contributed by atoms with Gasteiger partial charge in [-0.15, -0.1) is 0 Å². The molecule has 54 valence electrons. The summed E-state index contributed by atoms with van der Waals surface area (Å²) in [5.41, 5.74) is 2.94. The van der Waals surface area contributed by atoms with Crippen molar-refractivity contribution in [3.05, 3.63) is 16.1 Å². The molecular formula is C8H11NS. The number of hydrogen-bond acceptors (Lipinski definition) is 2. The first kappa shape index (κ1) is 6.35. The summed E-state index contributed by atoms with van der Waals surface area (Å²) < 4.78 is 4.40. The number of nitrogens with zero attached hydrogens (tertiary/aromatic N) is 1. The molecule has 2 rings (SSSR count). The molecule has 0 saturated carbocycles. The van der Waals surface area contributed by atoms with E-state index in [1.807, 2.05) is 0 Å². The van der Waals surface area contributed by atoms with Crippen LogP contribution in [-0.4, -0.2) is 4.37 Å². The van der Waals surface area contributed by atoms with Crippen LogP contribution in [0.5, 0.6) is 0 Å². The van der Waals surface area contributed by atoms with Gasteiger partial charge in [-0.1, -0.05) is 0 Å². The molecule has 1 aromatic heterocycles. The van der Waals surface area contributed by atoms with Crippen molar-refractivity contribution in [2.45, 2.75) is 32.6 Å². The van der Waals surface area contributed by atoms with Crippen molar-refractivity contribution in [2.24, 2.45) is 0 Å². The zero-order valence-corrected chi connectivity index (χ0v) is 7.00. The van der Waals surface area contributed by atoms with E-state index in [-0.39, 0.29) is 0 Å². The maximum absolute atomic E-state index is 4.40. The number of fused-ring (bicyclic) bond motifs is 1. The van der Waals surface area contributed by atoms with Gasteiger partial charge in [-0.2, -0.15) is 4.37 Å². The van der Waals surface area contributed by atoms with E-state index in [1.165, 1.54) is 36.3 Å². The van der Waals surface area contributed by atoms with Crippen LogP contribution in [0.25, 0.3) is 0 Å². The summed E-state index contributed by atoms with van der Waals surface area (Å²) >= 11 is 1.67. The molecular weight excluding hydrogens is 142 g/mol. The SMILES string of the molecule is Cc1snc2c1CCCC2. The highest BCUT2D eigenvalue weighted by Crippen LogP contribution is 2.25. The third kappa shape index (κ3) is 0.870. The predicted molar refractivity (Wildman–Crippen MR) is 43.5 cm³/mol. The van der Waals surface area contributed by atoms with Gasteiger partial charge in [-0.3, -0.25) is 0 Å². The Balaban J connectivity index is 2.45. The van der Waals surface area contributed by atoms with Gasteiger partial charge in [0.05, 0.1) is 5.69 Å². The minimum Gasteiger partial charge on any atom is -0.197 e. The van der Waals surface area contributed by atoms with Gasteiger partial charge in [-0.25, -0.2) is 0 Å². The third-order valence-electron chi connectivity index (χ3n) is 2.16. The highest BCUT2D eigenvalue weighted by atomic mass is 32.1. The van der Waals surface area contributed by atoms with E-state index in [9.17, 15) is 0 Å². The zero-order valence-electron chi connectivity index (χ0n) is 6.18. The largest absolute Gasteiger partial charge is 0.197 e. The molecule has 0 N–H and O–H groups in total. The van der Waals surface area contributed by atoms with Crippen molar-refractivity contribution in [3.63, 3.8) is 0 Å². The molecule has 1 heterocycles. The van der Waals surface area contributed by atoms with Crippen LogP contribution >= 0.6 is 11.5 Å². The Morgan fingerprint density at radius 2 is 2.10 bits per heavy atom. The van der Waals surface area contributed by atoms with Crippen LogP contribution < -0.4 is 0 Å². The lowest BCUT2D eigenvalue weighted by molar-refractivity contribution is 0.675. The van der Waals surface area contributed by atoms with Gasteiger partial charge in [-0.05, 0) is 49.7 Å². The lowest BCUT2D eigenvalue weighted by atomic mass is 9.97. The van der Waals surface area contributed by atoms with Crippen LogP contribution in [0, 0.1) is 6.92 Å². The average Bonchev–Trinajstić information content (AvgIpc) is 2.34. The summed E-state index contributed by atoms with van der Waals surface area (Å²) in [5, 5.41) is 0. The summed E-state index contributed by atoms with van der Waals surface area (Å²) in [6, 6.07) is 0. The van der Waals surface area contributed by atoms with Gasteiger partial charge in [0.25, 0.3) is 0 Å². The van der Waals surface area contributed by atoms with Crippen molar-refractivity contribution >= 4 is 11.5 Å². The zero-order chi connectivity index (χ0) is 6.97. The highest BCUT2D eigenvalue weighted by Gasteiger charge is 2.13. The monoisotopic (exact) mass is 153 g/mol. The Morgan fingerprint density at radius 1 is 1.30 bits per heavy atom. The Labute approximate surface area is 65.3 Å². The first-order valence-electron chi connectivity index (χ1n) is 3.82. The van der Waals surface area contributed by atoms with E-state index in [0.29, 0.717) is 0 Å². The van der Waals surface area contributed by atoms with Crippen molar-refractivity contribution in [1.29, 1.82) is 0 Å². The van der Waals surface area contributed by atoms with Crippen molar-refractivity contribution in [3.8, 4) is 0 Å². The fourth-order valence-electron chi connectivity index (χ4n) is 1.55. The smallest absolute Gasteiger partial charge is 0.0576 e. The maximum Gasteiger partial charge on any atom is 0.0576 e. The van der Waals surface area contributed by atoms with Crippen LogP contribution in [-0.2, 0) is 12.8 Å². The Kier molecular flexibility index (Phi) is 1.49. The van der Waals surface area contributed by atoms with E-state index < -0.39 is 0 Å². The molecule has 0 aromatic carbocycles. The van der Waals surface area contributed by atoms with Gasteiger partial charge >= 0.3 is 0 Å². The molecule has 0 fully saturated rings. The molecule has 1 aliphatic carbocycles. The molecule has 0 unspecified atom stereocenters. The molecule has 0 bridgehead atoms. The number of aromatic nitrogens is 1. The molecule has 0 aliphatic heterocycles. The summed E-state index contributed by atoms with van der Waals surface area (Å²) in [5.74, 6) is 0. The number of rotatable bonds is 0. The molecule has 1 aliphatic rings. The number of aryl methyl sites for hydroxylation is 2. The second-order valence-corrected chi connectivity index (χ2v) is 3.85. The molecule has 0 spiro atoms. The summed E-state index contributed by atoms with van der Waals surface area (Å²) in [6.45, 7) is 2.18. The Morgan fingerprint density at radius 3 is 2.90 bits per heavy atom. The summed E-state index contributed by atoms with van der Waals surface area (Å²) in [7, 11) is 0. The van der Waals surface area contributed by atoms with E-state index in [1.54, 1.807) is 17.1 Å². The molecule has 1 aromatic rings. The average molecular weight is 153 g/mol. The normalized spacial score (nSPS) is 16.9. The second kappa shape index (κ2) is 2.35. The minimum atomic E-state index is 1.22. The molecule has 0 saturated heterocycles. The molecule has 0 atom stereocenters. The van der Waals surface area contributed by atoms with Crippen molar-refractivity contribution < 1.29 is 0 Å². The fourth-order valence-corrected chi connectivity index (χ4v) is 2.33. The highest BCUT2D eigenvalue weighted by molar-refractivity contribution is 7.05. The van der Waals surface area contributed by atoms with E-state index >= 15 is 0 Å². The standard InChI is InChI=1S/C8H11NS/c1-6-7-4-2-3-5-8(7)9-10-6/h2-5H2,1H3. The van der Waals surface area contributed by atoms with Crippen LogP contribution in [0.2, 0.25) is 0 Å². The molecule has 0 radical (unpaired) electrons. The Hall–Kier alpha value is -0.370. The van der Waals surface area contributed by atoms with E-state index in [0.717, 1.165) is 0 Å². The lowest BCUT2D eigenvalue weighted by Crippen LogP contribution is -2.00. The molecule has 1 nitrogen and oxygen atoms in total. The van der Waals surface area contributed by atoms with Gasteiger partial charge in [0.1, 0.15) is 0 Å². The first-order valence-corrected chi connectivity index (χ1v) is 4.59. The predicted octanol–water partition coefficient (Wildman–Crippen LogP) is 2.33. The summed E-state index contributed by atoms with van der Waals surface area (Å²) in [6.07, 6.45) is 5.21. The van der Waals surface area contributed by atoms with Gasteiger partial charge in [0.2, 0.25) is 0 Å². The quantitative estimate of drug-likeness (QED) is 0.557. The first-order chi connectivity index (χ1) is 4.88. The summed E-state index contributed by atoms with van der Waals surface area (Å²) in [4.78, 5) is 1.44. The third-order valence-corrected chi connectivity index (χ3v) is 2.99. The van der Waals surface area contributed by atoms with E-state index in [4.69, 9.17) is 0 Å². The van der Waals surface area contributed by atoms with Crippen molar-refractivity contribution in [1.82, 2.24) is 4.37 Å². The fraction of sp³-hybridized carbons (Fsp3) is 0.625. The minimum absolute atomic E-state index is 1.22. The second-order valence-electron chi connectivity index (χ2n) is 2.87. The Bertz CT molecular complexity index is 239.